The van der Waals surface area contributed by atoms with Gasteiger partial charge in [-0.1, -0.05) is 6.08 Å². The molecular formula is C20H25NO5. The minimum Gasteiger partial charge on any atom is -0.454 e. The predicted molar refractivity (Wildman–Crippen MR) is 96.6 cm³/mol. The summed E-state index contributed by atoms with van der Waals surface area (Å²) >= 11 is 0. The monoisotopic (exact) mass is 359 g/mol. The highest BCUT2D eigenvalue weighted by Crippen LogP contribution is 2.39. The van der Waals surface area contributed by atoms with Gasteiger partial charge in [0.1, 0.15) is 11.1 Å². The standard InChI is InChI=1S/C20H25NO5/c1-5-9-20(10-6-11-21(20)18(23)26-19(2,3)4)17(22)14-7-8-15-16(12-14)25-13-24-15/h5,7-8,12H,1,6,9-11,13H2,2-4H3/t20-/m1/s1. The van der Waals surface area contributed by atoms with Crippen LogP contribution in [0.1, 0.15) is 50.4 Å². The van der Waals surface area contributed by atoms with E-state index >= 15 is 0 Å². The fraction of sp³-hybridized carbons (Fsp3) is 0.500. The van der Waals surface area contributed by atoms with Gasteiger partial charge in [-0.15, -0.1) is 6.58 Å². The average molecular weight is 359 g/mol. The summed E-state index contributed by atoms with van der Waals surface area (Å²) in [7, 11) is 0. The molecule has 2 aliphatic rings. The molecule has 1 aromatic carbocycles. The highest BCUT2D eigenvalue weighted by atomic mass is 16.7. The number of amides is 1. The topological polar surface area (TPSA) is 65.1 Å². The van der Waals surface area contributed by atoms with Crippen LogP contribution in [0.25, 0.3) is 0 Å². The van der Waals surface area contributed by atoms with Crippen LogP contribution in [-0.4, -0.2) is 41.3 Å². The molecule has 0 N–H and O–H groups in total. The van der Waals surface area contributed by atoms with Gasteiger partial charge in [-0.25, -0.2) is 4.79 Å². The van der Waals surface area contributed by atoms with Crippen LogP contribution in [0.2, 0.25) is 0 Å². The SMILES string of the molecule is C=CC[C@]1(C(=O)c2ccc3c(c2)OCO3)CCCN1C(=O)OC(C)(C)C. The van der Waals surface area contributed by atoms with E-state index in [1.807, 2.05) is 20.8 Å². The highest BCUT2D eigenvalue weighted by molar-refractivity contribution is 6.05. The Morgan fingerprint density at radius 3 is 2.73 bits per heavy atom. The number of ether oxygens (including phenoxy) is 3. The summed E-state index contributed by atoms with van der Waals surface area (Å²) in [4.78, 5) is 27.8. The molecule has 0 bridgehead atoms. The quantitative estimate of drug-likeness (QED) is 0.602. The summed E-state index contributed by atoms with van der Waals surface area (Å²) in [6.45, 7) is 9.87. The number of carbonyl (C=O) groups is 2. The molecule has 1 aromatic rings. The second-order valence-corrected chi connectivity index (χ2v) is 7.66. The van der Waals surface area contributed by atoms with Gasteiger partial charge in [0.2, 0.25) is 6.79 Å². The molecule has 2 aliphatic heterocycles. The average Bonchev–Trinajstić information content (AvgIpc) is 3.19. The lowest BCUT2D eigenvalue weighted by molar-refractivity contribution is 0.00913. The maximum Gasteiger partial charge on any atom is 0.411 e. The largest absolute Gasteiger partial charge is 0.454 e. The fourth-order valence-electron chi connectivity index (χ4n) is 3.55. The Labute approximate surface area is 153 Å². The maximum atomic E-state index is 13.4. The van der Waals surface area contributed by atoms with Gasteiger partial charge in [-0.3, -0.25) is 9.69 Å². The van der Waals surface area contributed by atoms with Crippen LogP contribution >= 0.6 is 0 Å². The molecule has 1 fully saturated rings. The molecule has 0 spiro atoms. The zero-order chi connectivity index (χ0) is 18.9. The molecule has 3 rings (SSSR count). The van der Waals surface area contributed by atoms with Crippen molar-refractivity contribution in [3.8, 4) is 11.5 Å². The maximum absolute atomic E-state index is 13.4. The number of hydrogen-bond acceptors (Lipinski definition) is 5. The number of hydrogen-bond donors (Lipinski definition) is 0. The normalized spacial score (nSPS) is 21.6. The van der Waals surface area contributed by atoms with E-state index in [-0.39, 0.29) is 12.6 Å². The van der Waals surface area contributed by atoms with Crippen LogP contribution in [0.4, 0.5) is 4.79 Å². The summed E-state index contributed by atoms with van der Waals surface area (Å²) in [5.74, 6) is 1.04. The summed E-state index contributed by atoms with van der Waals surface area (Å²) in [5.41, 5.74) is -1.11. The molecule has 1 saturated heterocycles. The number of rotatable bonds is 4. The molecule has 2 heterocycles. The van der Waals surface area contributed by atoms with Gasteiger partial charge in [0.15, 0.2) is 17.3 Å². The number of nitrogens with zero attached hydrogens (tertiary/aromatic N) is 1. The molecular weight excluding hydrogens is 334 g/mol. The van der Waals surface area contributed by atoms with E-state index in [2.05, 4.69) is 6.58 Å². The third-order valence-corrected chi connectivity index (χ3v) is 4.64. The summed E-state index contributed by atoms with van der Waals surface area (Å²) in [6, 6.07) is 5.12. The zero-order valence-corrected chi connectivity index (χ0v) is 15.5. The third kappa shape index (κ3) is 3.28. The summed E-state index contributed by atoms with van der Waals surface area (Å²) < 4.78 is 16.2. The number of ketones is 1. The Morgan fingerprint density at radius 2 is 2.04 bits per heavy atom. The zero-order valence-electron chi connectivity index (χ0n) is 15.5. The van der Waals surface area contributed by atoms with Crippen molar-refractivity contribution in [2.75, 3.05) is 13.3 Å². The molecule has 26 heavy (non-hydrogen) atoms. The van der Waals surface area contributed by atoms with Crippen molar-refractivity contribution in [3.63, 3.8) is 0 Å². The van der Waals surface area contributed by atoms with Gasteiger partial charge in [0, 0.05) is 12.1 Å². The van der Waals surface area contributed by atoms with Crippen molar-refractivity contribution in [1.82, 2.24) is 4.90 Å². The van der Waals surface area contributed by atoms with Gasteiger partial charge in [0.05, 0.1) is 0 Å². The summed E-state index contributed by atoms with van der Waals surface area (Å²) in [5, 5.41) is 0. The molecule has 1 amide bonds. The van der Waals surface area contributed by atoms with Crippen molar-refractivity contribution >= 4 is 11.9 Å². The Balaban J connectivity index is 1.94. The number of carbonyl (C=O) groups excluding carboxylic acids is 2. The molecule has 0 radical (unpaired) electrons. The first-order valence-corrected chi connectivity index (χ1v) is 8.83. The van der Waals surface area contributed by atoms with E-state index < -0.39 is 17.2 Å². The lowest BCUT2D eigenvalue weighted by Gasteiger charge is -2.37. The van der Waals surface area contributed by atoms with E-state index in [1.165, 1.54) is 0 Å². The van der Waals surface area contributed by atoms with Crippen LogP contribution in [0.5, 0.6) is 11.5 Å². The van der Waals surface area contributed by atoms with Gasteiger partial charge in [0.25, 0.3) is 0 Å². The van der Waals surface area contributed by atoms with Crippen molar-refractivity contribution in [2.24, 2.45) is 0 Å². The van der Waals surface area contributed by atoms with E-state index in [9.17, 15) is 9.59 Å². The molecule has 0 saturated carbocycles. The first-order valence-electron chi connectivity index (χ1n) is 8.83. The van der Waals surface area contributed by atoms with Crippen LogP contribution in [0, 0.1) is 0 Å². The van der Waals surface area contributed by atoms with Crippen LogP contribution in [-0.2, 0) is 4.74 Å². The number of Topliss-reactive ketones (excluding diaryl/α,β-unsaturated/α-hetero) is 1. The minimum absolute atomic E-state index is 0.126. The predicted octanol–water partition coefficient (Wildman–Crippen LogP) is 3.94. The van der Waals surface area contributed by atoms with Gasteiger partial charge >= 0.3 is 6.09 Å². The summed E-state index contributed by atoms with van der Waals surface area (Å²) in [6.07, 6.45) is 2.91. The van der Waals surface area contributed by atoms with E-state index in [0.29, 0.717) is 36.4 Å². The van der Waals surface area contributed by atoms with Gasteiger partial charge < -0.3 is 14.2 Å². The Morgan fingerprint density at radius 1 is 1.31 bits per heavy atom. The Bertz CT molecular complexity index is 736. The molecule has 140 valence electrons. The first-order chi connectivity index (χ1) is 12.3. The second kappa shape index (κ2) is 6.67. The van der Waals surface area contributed by atoms with Crippen molar-refractivity contribution < 1.29 is 23.8 Å². The molecule has 6 heteroatoms. The van der Waals surface area contributed by atoms with Gasteiger partial charge in [-0.2, -0.15) is 0 Å². The number of fused-ring (bicyclic) bond motifs is 1. The Hall–Kier alpha value is -2.50. The van der Waals surface area contributed by atoms with Gasteiger partial charge in [-0.05, 0) is 58.2 Å². The van der Waals surface area contributed by atoms with E-state index in [4.69, 9.17) is 14.2 Å². The van der Waals surface area contributed by atoms with Crippen molar-refractivity contribution in [3.05, 3.63) is 36.4 Å². The number of likely N-dealkylation sites (tertiary alicyclic amines) is 1. The van der Waals surface area contributed by atoms with E-state index in [0.717, 1.165) is 6.42 Å². The van der Waals surface area contributed by atoms with Crippen molar-refractivity contribution in [2.45, 2.75) is 51.2 Å². The Kier molecular flexibility index (Phi) is 4.69. The number of benzene rings is 1. The molecule has 1 atom stereocenters. The second-order valence-electron chi connectivity index (χ2n) is 7.66. The van der Waals surface area contributed by atoms with Crippen LogP contribution in [0.3, 0.4) is 0 Å². The van der Waals surface area contributed by atoms with Crippen molar-refractivity contribution in [1.29, 1.82) is 0 Å². The highest BCUT2D eigenvalue weighted by Gasteiger charge is 2.50. The first kappa shape index (κ1) is 18.3. The lowest BCUT2D eigenvalue weighted by atomic mass is 9.83. The molecule has 0 aliphatic carbocycles. The third-order valence-electron chi connectivity index (χ3n) is 4.64. The molecule has 0 unspecified atom stereocenters. The minimum atomic E-state index is -0.974. The lowest BCUT2D eigenvalue weighted by Crippen LogP contribution is -2.54. The van der Waals surface area contributed by atoms with Crippen LogP contribution < -0.4 is 9.47 Å². The molecule has 6 nitrogen and oxygen atoms in total. The fourth-order valence-corrected chi connectivity index (χ4v) is 3.55. The smallest absolute Gasteiger partial charge is 0.411 e. The van der Waals surface area contributed by atoms with Crippen LogP contribution in [0.15, 0.2) is 30.9 Å². The van der Waals surface area contributed by atoms with E-state index in [1.54, 1.807) is 29.2 Å². The molecule has 0 aromatic heterocycles.